The highest BCUT2D eigenvalue weighted by Gasteiger charge is 2.25. The summed E-state index contributed by atoms with van der Waals surface area (Å²) >= 11 is 0. The molecule has 0 aliphatic carbocycles. The summed E-state index contributed by atoms with van der Waals surface area (Å²) in [5.74, 6) is 1.59. The normalized spacial score (nSPS) is 17.9. The van der Waals surface area contributed by atoms with E-state index >= 15 is 0 Å². The van der Waals surface area contributed by atoms with Crippen LogP contribution in [0.1, 0.15) is 19.4 Å². The van der Waals surface area contributed by atoms with Crippen LogP contribution < -0.4 is 9.47 Å². The maximum absolute atomic E-state index is 8.89. The molecule has 0 spiro atoms. The molecule has 0 unspecified atom stereocenters. The van der Waals surface area contributed by atoms with Gasteiger partial charge in [0, 0.05) is 12.0 Å². The van der Waals surface area contributed by atoms with Crippen molar-refractivity contribution in [2.75, 3.05) is 19.8 Å². The van der Waals surface area contributed by atoms with Gasteiger partial charge in [-0.3, -0.25) is 0 Å². The van der Waals surface area contributed by atoms with Crippen molar-refractivity contribution < 1.29 is 14.6 Å². The van der Waals surface area contributed by atoms with E-state index < -0.39 is 0 Å². The van der Waals surface area contributed by atoms with Gasteiger partial charge in [0.15, 0.2) is 11.5 Å². The summed E-state index contributed by atoms with van der Waals surface area (Å²) in [6.07, 6.45) is 0.653. The van der Waals surface area contributed by atoms with Crippen LogP contribution in [0.5, 0.6) is 11.5 Å². The van der Waals surface area contributed by atoms with Gasteiger partial charge in [-0.15, -0.1) is 0 Å². The van der Waals surface area contributed by atoms with Gasteiger partial charge in [0.2, 0.25) is 0 Å². The topological polar surface area (TPSA) is 38.7 Å². The Bertz CT molecular complexity index is 371. The molecular formula is C13H18O3. The first kappa shape index (κ1) is 11.3. The molecule has 0 fully saturated rings. The second kappa shape index (κ2) is 4.34. The predicted octanol–water partition coefficient (Wildman–Crippen LogP) is 2.02. The molecule has 2 rings (SSSR count). The number of hydrogen-bond acceptors (Lipinski definition) is 3. The predicted molar refractivity (Wildman–Crippen MR) is 62.0 cm³/mol. The summed E-state index contributed by atoms with van der Waals surface area (Å²) in [6.45, 7) is 5.72. The number of rotatable bonds is 2. The fourth-order valence-corrected chi connectivity index (χ4v) is 1.66. The summed E-state index contributed by atoms with van der Waals surface area (Å²) in [6, 6.07) is 5.84. The first-order valence-electron chi connectivity index (χ1n) is 5.60. The van der Waals surface area contributed by atoms with Crippen molar-refractivity contribution in [2.45, 2.75) is 20.3 Å². The van der Waals surface area contributed by atoms with Gasteiger partial charge in [-0.2, -0.15) is 0 Å². The molecule has 88 valence electrons. The van der Waals surface area contributed by atoms with Crippen molar-refractivity contribution >= 4 is 0 Å². The van der Waals surface area contributed by atoms with Gasteiger partial charge in [0.05, 0.1) is 13.2 Å². The zero-order valence-electron chi connectivity index (χ0n) is 9.82. The van der Waals surface area contributed by atoms with E-state index in [-0.39, 0.29) is 12.0 Å². The Balaban J connectivity index is 2.21. The number of ether oxygens (including phenoxy) is 2. The highest BCUT2D eigenvalue weighted by molar-refractivity contribution is 5.43. The Morgan fingerprint density at radius 3 is 2.56 bits per heavy atom. The van der Waals surface area contributed by atoms with Gasteiger partial charge < -0.3 is 14.6 Å². The van der Waals surface area contributed by atoms with Crippen LogP contribution in [-0.4, -0.2) is 24.9 Å². The lowest BCUT2D eigenvalue weighted by atomic mass is 9.97. The average molecular weight is 222 g/mol. The van der Waals surface area contributed by atoms with Crippen molar-refractivity contribution in [3.63, 3.8) is 0 Å². The van der Waals surface area contributed by atoms with Gasteiger partial charge in [-0.1, -0.05) is 19.9 Å². The van der Waals surface area contributed by atoms with E-state index in [4.69, 9.17) is 14.6 Å². The van der Waals surface area contributed by atoms with Crippen molar-refractivity contribution in [3.05, 3.63) is 23.8 Å². The van der Waals surface area contributed by atoms with Gasteiger partial charge in [-0.25, -0.2) is 0 Å². The first-order valence-corrected chi connectivity index (χ1v) is 5.60. The number of hydrogen-bond donors (Lipinski definition) is 1. The van der Waals surface area contributed by atoms with Gasteiger partial charge in [0.1, 0.15) is 0 Å². The van der Waals surface area contributed by atoms with E-state index in [2.05, 4.69) is 13.8 Å². The SMILES string of the molecule is CC1(C)COc2ccc(CCO)cc2OC1. The quantitative estimate of drug-likeness (QED) is 0.832. The molecule has 0 saturated heterocycles. The minimum Gasteiger partial charge on any atom is -0.489 e. The molecule has 0 amide bonds. The molecule has 0 radical (unpaired) electrons. The maximum Gasteiger partial charge on any atom is 0.161 e. The molecule has 1 aromatic carbocycles. The minimum absolute atomic E-state index is 0.0379. The summed E-state index contributed by atoms with van der Waals surface area (Å²) in [4.78, 5) is 0. The minimum atomic E-state index is 0.0379. The van der Waals surface area contributed by atoms with Crippen LogP contribution in [0.3, 0.4) is 0 Å². The maximum atomic E-state index is 8.89. The fourth-order valence-electron chi connectivity index (χ4n) is 1.66. The second-order valence-electron chi connectivity index (χ2n) is 5.00. The molecule has 1 aliphatic heterocycles. The Hall–Kier alpha value is -1.22. The second-order valence-corrected chi connectivity index (χ2v) is 5.00. The molecule has 3 heteroatoms. The molecule has 1 aliphatic rings. The third-order valence-electron chi connectivity index (χ3n) is 2.65. The Labute approximate surface area is 96.0 Å². The third-order valence-corrected chi connectivity index (χ3v) is 2.65. The van der Waals surface area contributed by atoms with E-state index in [9.17, 15) is 0 Å². The lowest BCUT2D eigenvalue weighted by Gasteiger charge is -2.19. The van der Waals surface area contributed by atoms with Crippen LogP contribution in [0, 0.1) is 5.41 Å². The fraction of sp³-hybridized carbons (Fsp3) is 0.538. The third kappa shape index (κ3) is 2.47. The first-order chi connectivity index (χ1) is 7.61. The summed E-state index contributed by atoms with van der Waals surface area (Å²) in [7, 11) is 0. The summed E-state index contributed by atoms with van der Waals surface area (Å²) in [5, 5.41) is 8.89. The Morgan fingerprint density at radius 1 is 1.19 bits per heavy atom. The van der Waals surface area contributed by atoms with Crippen LogP contribution in [0.4, 0.5) is 0 Å². The van der Waals surface area contributed by atoms with Crippen LogP contribution >= 0.6 is 0 Å². The Morgan fingerprint density at radius 2 is 1.88 bits per heavy atom. The monoisotopic (exact) mass is 222 g/mol. The molecule has 1 aromatic rings. The van der Waals surface area contributed by atoms with E-state index in [0.29, 0.717) is 19.6 Å². The molecule has 0 bridgehead atoms. The Kier molecular flexibility index (Phi) is 3.06. The van der Waals surface area contributed by atoms with Crippen molar-refractivity contribution in [1.82, 2.24) is 0 Å². The molecule has 0 aromatic heterocycles. The molecule has 3 nitrogen and oxygen atoms in total. The van der Waals surface area contributed by atoms with E-state index in [1.807, 2.05) is 18.2 Å². The van der Waals surface area contributed by atoms with Crippen LogP contribution in [0.15, 0.2) is 18.2 Å². The van der Waals surface area contributed by atoms with E-state index in [0.717, 1.165) is 17.1 Å². The van der Waals surface area contributed by atoms with Gasteiger partial charge in [0.25, 0.3) is 0 Å². The van der Waals surface area contributed by atoms with Crippen LogP contribution in [-0.2, 0) is 6.42 Å². The van der Waals surface area contributed by atoms with Crippen LogP contribution in [0.2, 0.25) is 0 Å². The van der Waals surface area contributed by atoms with Crippen LogP contribution in [0.25, 0.3) is 0 Å². The standard InChI is InChI=1S/C13H18O3/c1-13(2)8-15-11-4-3-10(5-6-14)7-12(11)16-9-13/h3-4,7,14H,5-6,8-9H2,1-2H3. The van der Waals surface area contributed by atoms with E-state index in [1.54, 1.807) is 0 Å². The molecule has 0 atom stereocenters. The molecule has 16 heavy (non-hydrogen) atoms. The summed E-state index contributed by atoms with van der Waals surface area (Å²) < 4.78 is 11.5. The van der Waals surface area contributed by atoms with Crippen molar-refractivity contribution in [3.8, 4) is 11.5 Å². The smallest absolute Gasteiger partial charge is 0.161 e. The van der Waals surface area contributed by atoms with Crippen molar-refractivity contribution in [2.24, 2.45) is 5.41 Å². The van der Waals surface area contributed by atoms with Gasteiger partial charge >= 0.3 is 0 Å². The lowest BCUT2D eigenvalue weighted by molar-refractivity contribution is 0.140. The zero-order chi connectivity index (χ0) is 11.6. The molecule has 1 N–H and O–H groups in total. The van der Waals surface area contributed by atoms with Gasteiger partial charge in [-0.05, 0) is 24.1 Å². The number of benzene rings is 1. The molecular weight excluding hydrogens is 204 g/mol. The average Bonchev–Trinajstić information content (AvgIpc) is 2.39. The highest BCUT2D eigenvalue weighted by Crippen LogP contribution is 2.34. The van der Waals surface area contributed by atoms with Crippen molar-refractivity contribution in [1.29, 1.82) is 0 Å². The number of fused-ring (bicyclic) bond motifs is 1. The summed E-state index contributed by atoms with van der Waals surface area (Å²) in [5.41, 5.74) is 1.11. The zero-order valence-corrected chi connectivity index (χ0v) is 9.82. The largest absolute Gasteiger partial charge is 0.489 e. The lowest BCUT2D eigenvalue weighted by Crippen LogP contribution is -2.26. The molecule has 0 saturated carbocycles. The van der Waals surface area contributed by atoms with E-state index in [1.165, 1.54) is 0 Å². The number of aliphatic hydroxyl groups excluding tert-OH is 1. The number of aliphatic hydroxyl groups is 1. The molecule has 1 heterocycles. The highest BCUT2D eigenvalue weighted by atomic mass is 16.5.